The van der Waals surface area contributed by atoms with E-state index in [0.29, 0.717) is 12.8 Å². The first kappa shape index (κ1) is 25.4. The van der Waals surface area contributed by atoms with Crippen molar-refractivity contribution in [2.45, 2.75) is 44.8 Å². The van der Waals surface area contributed by atoms with Gasteiger partial charge in [0.15, 0.2) is 6.04 Å². The van der Waals surface area contributed by atoms with Gasteiger partial charge in [0, 0.05) is 7.05 Å². The van der Waals surface area contributed by atoms with E-state index < -0.39 is 42.0 Å². The monoisotopic (exact) mass is 441 g/mol. The van der Waals surface area contributed by atoms with Crippen molar-refractivity contribution >= 4 is 36.3 Å². The number of ether oxygens (including phenoxy) is 1. The van der Waals surface area contributed by atoms with Gasteiger partial charge >= 0.3 is 18.0 Å². The summed E-state index contributed by atoms with van der Waals surface area (Å²) in [5.74, 6) is -2.45. The highest BCUT2D eigenvalue weighted by atomic mass is 35.5. The molecule has 9 nitrogen and oxygen atoms in total. The van der Waals surface area contributed by atoms with Gasteiger partial charge in [-0.05, 0) is 32.3 Å². The quantitative estimate of drug-likeness (QED) is 0.555. The molecule has 10 heteroatoms. The Hall–Kier alpha value is -2.65. The van der Waals surface area contributed by atoms with Crippen molar-refractivity contribution in [3.05, 3.63) is 35.9 Å². The van der Waals surface area contributed by atoms with Crippen LogP contribution in [0.2, 0.25) is 0 Å². The molecule has 1 aliphatic heterocycles. The number of likely N-dealkylation sites (N-methyl/N-ethyl adjacent to an activating group) is 1. The van der Waals surface area contributed by atoms with Gasteiger partial charge in [-0.15, -0.1) is 12.4 Å². The number of urea groups is 1. The number of carboxylic acid groups (broad SMARTS) is 1. The number of nitrogens with one attached hydrogen (secondary N) is 1. The first-order chi connectivity index (χ1) is 13.8. The van der Waals surface area contributed by atoms with E-state index in [1.165, 1.54) is 18.9 Å². The molecule has 1 saturated heterocycles. The zero-order valence-electron chi connectivity index (χ0n) is 17.2. The maximum atomic E-state index is 12.8. The van der Waals surface area contributed by atoms with Gasteiger partial charge in [-0.3, -0.25) is 14.9 Å². The third-order valence-corrected chi connectivity index (χ3v) is 4.77. The number of nitrogens with zero attached hydrogens (tertiary/aromatic N) is 2. The molecule has 0 saturated carbocycles. The van der Waals surface area contributed by atoms with E-state index in [2.05, 4.69) is 5.32 Å². The standard InChI is InChI=1S/C20H27N3O6.ClH/c1-4-29-19(27)15(11-10-14-8-6-5-7-9-14)21-13(2)17(24)23-16(18(25)26)12-22(3)20(23)28;/h5-9,13,15-16,21H,4,10-12H2,1-3H3,(H,25,26);1H/t13?,15?,16-;/m0./s1. The van der Waals surface area contributed by atoms with Crippen LogP contribution in [0.3, 0.4) is 0 Å². The lowest BCUT2D eigenvalue weighted by molar-refractivity contribution is -0.148. The SMILES string of the molecule is CCOC(=O)C(CCc1ccccc1)NC(C)C(=O)N1C(=O)N(C)C[C@H]1C(=O)O.Cl. The minimum absolute atomic E-state index is 0. The van der Waals surface area contributed by atoms with Crippen LogP contribution in [-0.2, 0) is 25.5 Å². The highest BCUT2D eigenvalue weighted by molar-refractivity contribution is 6.02. The predicted molar refractivity (Wildman–Crippen MR) is 111 cm³/mol. The van der Waals surface area contributed by atoms with E-state index >= 15 is 0 Å². The largest absolute Gasteiger partial charge is 0.480 e. The van der Waals surface area contributed by atoms with Gasteiger partial charge in [0.05, 0.1) is 19.2 Å². The first-order valence-corrected chi connectivity index (χ1v) is 9.53. The zero-order valence-corrected chi connectivity index (χ0v) is 18.1. The molecule has 1 aromatic carbocycles. The van der Waals surface area contributed by atoms with E-state index in [1.807, 2.05) is 30.3 Å². The van der Waals surface area contributed by atoms with Crippen LogP contribution >= 0.6 is 12.4 Å². The summed E-state index contributed by atoms with van der Waals surface area (Å²) in [6.07, 6.45) is 0.970. The number of benzene rings is 1. The van der Waals surface area contributed by atoms with Crippen molar-refractivity contribution in [3.8, 4) is 0 Å². The Labute approximate surface area is 181 Å². The molecule has 0 bridgehead atoms. The second kappa shape index (κ2) is 11.5. The van der Waals surface area contributed by atoms with E-state index in [4.69, 9.17) is 4.74 Å². The maximum Gasteiger partial charge on any atom is 0.328 e. The molecule has 1 aromatic rings. The topological polar surface area (TPSA) is 116 Å². The Morgan fingerprint density at radius 3 is 2.47 bits per heavy atom. The van der Waals surface area contributed by atoms with Crippen LogP contribution < -0.4 is 5.32 Å². The number of carboxylic acids is 1. The lowest BCUT2D eigenvalue weighted by Crippen LogP contribution is -2.54. The number of rotatable bonds is 9. The minimum Gasteiger partial charge on any atom is -0.480 e. The van der Waals surface area contributed by atoms with E-state index in [-0.39, 0.29) is 25.6 Å². The van der Waals surface area contributed by atoms with Crippen LogP contribution in [0.5, 0.6) is 0 Å². The van der Waals surface area contributed by atoms with Gasteiger partial charge in [-0.1, -0.05) is 30.3 Å². The number of carbonyl (C=O) groups excluding carboxylic acids is 3. The van der Waals surface area contributed by atoms with Gasteiger partial charge in [0.2, 0.25) is 5.91 Å². The third kappa shape index (κ3) is 6.17. The summed E-state index contributed by atoms with van der Waals surface area (Å²) in [6, 6.07) is 5.92. The number of esters is 1. The average Bonchev–Trinajstić information content (AvgIpc) is 3.00. The fourth-order valence-corrected chi connectivity index (χ4v) is 3.22. The Morgan fingerprint density at radius 1 is 1.27 bits per heavy atom. The van der Waals surface area contributed by atoms with Gasteiger partial charge in [-0.2, -0.15) is 0 Å². The van der Waals surface area contributed by atoms with Crippen molar-refractivity contribution < 1.29 is 29.0 Å². The Morgan fingerprint density at radius 2 is 1.90 bits per heavy atom. The Bertz CT molecular complexity index is 760. The molecule has 30 heavy (non-hydrogen) atoms. The van der Waals surface area contributed by atoms with Crippen molar-refractivity contribution in [2.24, 2.45) is 0 Å². The van der Waals surface area contributed by atoms with Crippen LogP contribution in [0.15, 0.2) is 30.3 Å². The van der Waals surface area contributed by atoms with E-state index in [9.17, 15) is 24.3 Å². The van der Waals surface area contributed by atoms with Crippen molar-refractivity contribution in [2.75, 3.05) is 20.2 Å². The van der Waals surface area contributed by atoms with Gasteiger partial charge in [-0.25, -0.2) is 14.5 Å². The lowest BCUT2D eigenvalue weighted by atomic mass is 10.0. The molecule has 1 aliphatic rings. The number of halogens is 1. The zero-order chi connectivity index (χ0) is 21.6. The van der Waals surface area contributed by atoms with Crippen LogP contribution in [0.25, 0.3) is 0 Å². The van der Waals surface area contributed by atoms with E-state index in [1.54, 1.807) is 6.92 Å². The number of imide groups is 1. The van der Waals surface area contributed by atoms with Crippen molar-refractivity contribution in [1.29, 1.82) is 0 Å². The summed E-state index contributed by atoms with van der Waals surface area (Å²) in [7, 11) is 1.44. The summed E-state index contributed by atoms with van der Waals surface area (Å²) in [5.41, 5.74) is 1.03. The number of amides is 3. The van der Waals surface area contributed by atoms with Crippen molar-refractivity contribution in [3.63, 3.8) is 0 Å². The number of carbonyl (C=O) groups is 4. The number of hydrogen-bond acceptors (Lipinski definition) is 6. The molecule has 2 N–H and O–H groups in total. The van der Waals surface area contributed by atoms with Crippen LogP contribution in [-0.4, -0.2) is 77.1 Å². The second-order valence-corrected chi connectivity index (χ2v) is 6.94. The highest BCUT2D eigenvalue weighted by Crippen LogP contribution is 2.17. The highest BCUT2D eigenvalue weighted by Gasteiger charge is 2.45. The second-order valence-electron chi connectivity index (χ2n) is 6.94. The third-order valence-electron chi connectivity index (χ3n) is 4.77. The lowest BCUT2D eigenvalue weighted by Gasteiger charge is -2.26. The van der Waals surface area contributed by atoms with Crippen molar-refractivity contribution in [1.82, 2.24) is 15.1 Å². The number of hydrogen-bond donors (Lipinski definition) is 2. The number of aryl methyl sites for hydroxylation is 1. The molecule has 0 radical (unpaired) electrons. The summed E-state index contributed by atoms with van der Waals surface area (Å²) >= 11 is 0. The molecular formula is C20H28ClN3O6. The van der Waals surface area contributed by atoms with E-state index in [0.717, 1.165) is 10.5 Å². The Balaban J connectivity index is 0.00000450. The molecule has 1 heterocycles. The van der Waals surface area contributed by atoms with Crippen LogP contribution in [0.1, 0.15) is 25.8 Å². The van der Waals surface area contributed by atoms with Gasteiger partial charge in [0.25, 0.3) is 0 Å². The molecule has 2 unspecified atom stereocenters. The Kier molecular flexibility index (Phi) is 9.74. The summed E-state index contributed by atoms with van der Waals surface area (Å²) in [5, 5.41) is 12.2. The molecule has 0 spiro atoms. The molecule has 3 amide bonds. The van der Waals surface area contributed by atoms with Gasteiger partial charge < -0.3 is 14.7 Å². The summed E-state index contributed by atoms with van der Waals surface area (Å²) < 4.78 is 5.10. The molecule has 3 atom stereocenters. The maximum absolute atomic E-state index is 12.8. The normalized spacial score (nSPS) is 17.8. The first-order valence-electron chi connectivity index (χ1n) is 9.53. The molecular weight excluding hydrogens is 414 g/mol. The number of aliphatic carboxylic acids is 1. The summed E-state index contributed by atoms with van der Waals surface area (Å²) in [6.45, 7) is 3.31. The smallest absolute Gasteiger partial charge is 0.328 e. The fraction of sp³-hybridized carbons (Fsp3) is 0.500. The average molecular weight is 442 g/mol. The van der Waals surface area contributed by atoms with Crippen LogP contribution in [0.4, 0.5) is 4.79 Å². The molecule has 1 fully saturated rings. The minimum atomic E-state index is -1.26. The molecule has 2 rings (SSSR count). The molecule has 0 aromatic heterocycles. The fourth-order valence-electron chi connectivity index (χ4n) is 3.22. The molecule has 0 aliphatic carbocycles. The summed E-state index contributed by atoms with van der Waals surface area (Å²) in [4.78, 5) is 50.8. The van der Waals surface area contributed by atoms with Gasteiger partial charge in [0.1, 0.15) is 6.04 Å². The molecule has 166 valence electrons. The van der Waals surface area contributed by atoms with Crippen LogP contribution in [0, 0.1) is 0 Å². The predicted octanol–water partition coefficient (Wildman–Crippen LogP) is 1.30.